The highest BCUT2D eigenvalue weighted by atomic mass is 35.5. The summed E-state index contributed by atoms with van der Waals surface area (Å²) in [5.74, 6) is -0.366. The van der Waals surface area contributed by atoms with Gasteiger partial charge in [-0.15, -0.1) is 0 Å². The second-order valence-electron chi connectivity index (χ2n) is 8.16. The van der Waals surface area contributed by atoms with Gasteiger partial charge in [-0.1, -0.05) is 86.7 Å². The van der Waals surface area contributed by atoms with Crippen molar-refractivity contribution in [2.24, 2.45) is 0 Å². The molecule has 0 bridgehead atoms. The molecule has 1 aliphatic rings. The lowest BCUT2D eigenvalue weighted by Crippen LogP contribution is -2.05. The van der Waals surface area contributed by atoms with Crippen molar-refractivity contribution >= 4 is 11.6 Å². The molecule has 0 nitrogen and oxygen atoms in total. The molecule has 0 amide bonds. The molecule has 0 aliphatic heterocycles. The molecule has 0 unspecified atom stereocenters. The topological polar surface area (TPSA) is 0 Å². The Kier molecular flexibility index (Phi) is 6.35. The van der Waals surface area contributed by atoms with Crippen molar-refractivity contribution < 1.29 is 4.39 Å². The third-order valence-corrected chi connectivity index (χ3v) is 6.36. The lowest BCUT2D eigenvalue weighted by atomic mass is 9.83. The number of aryl methyl sites for hydroxylation is 3. The van der Waals surface area contributed by atoms with E-state index in [1.807, 2.05) is 6.07 Å². The molecule has 29 heavy (non-hydrogen) atoms. The fourth-order valence-electron chi connectivity index (χ4n) is 4.39. The van der Waals surface area contributed by atoms with E-state index in [2.05, 4.69) is 43.3 Å². The lowest BCUT2D eigenvalue weighted by molar-refractivity contribution is 0.629. The Morgan fingerprint density at radius 3 is 2.17 bits per heavy atom. The number of hydrogen-bond acceptors (Lipinski definition) is 0. The van der Waals surface area contributed by atoms with Crippen LogP contribution in [0.5, 0.6) is 0 Å². The van der Waals surface area contributed by atoms with Crippen LogP contribution in [0.3, 0.4) is 0 Å². The van der Waals surface area contributed by atoms with Crippen molar-refractivity contribution in [1.29, 1.82) is 0 Å². The Balaban J connectivity index is 1.53. The Bertz CT molecular complexity index is 1010. The van der Waals surface area contributed by atoms with E-state index in [9.17, 15) is 4.39 Å². The van der Waals surface area contributed by atoms with Crippen LogP contribution in [-0.4, -0.2) is 0 Å². The van der Waals surface area contributed by atoms with E-state index in [-0.39, 0.29) is 10.8 Å². The van der Waals surface area contributed by atoms with Gasteiger partial charge in [0.15, 0.2) is 0 Å². The summed E-state index contributed by atoms with van der Waals surface area (Å²) in [6.07, 6.45) is 9.92. The fourth-order valence-corrected chi connectivity index (χ4v) is 4.51. The van der Waals surface area contributed by atoms with Gasteiger partial charge in [-0.2, -0.15) is 0 Å². The standard InChI is InChI=1S/C27H28ClF/c1-2-3-4-5-6-7-19-8-13-24-22(16-19)9-10-23-17-20(11-14-25(23)24)21-12-15-26(28)27(29)18-21/h8,11-18H,2-7,9-10H2,1H3. The van der Waals surface area contributed by atoms with Gasteiger partial charge in [-0.25, -0.2) is 4.39 Å². The van der Waals surface area contributed by atoms with E-state index in [0.717, 1.165) is 24.0 Å². The fraction of sp³-hybridized carbons (Fsp3) is 0.333. The molecule has 150 valence electrons. The first-order chi connectivity index (χ1) is 14.2. The average Bonchev–Trinajstić information content (AvgIpc) is 2.75. The van der Waals surface area contributed by atoms with Crippen molar-refractivity contribution in [1.82, 2.24) is 0 Å². The zero-order valence-electron chi connectivity index (χ0n) is 17.1. The van der Waals surface area contributed by atoms with Gasteiger partial charge in [0.05, 0.1) is 5.02 Å². The van der Waals surface area contributed by atoms with Crippen LogP contribution in [0, 0.1) is 5.82 Å². The minimum Gasteiger partial charge on any atom is -0.205 e. The first kappa shape index (κ1) is 20.2. The second-order valence-corrected chi connectivity index (χ2v) is 8.56. The summed E-state index contributed by atoms with van der Waals surface area (Å²) in [7, 11) is 0. The van der Waals surface area contributed by atoms with E-state index < -0.39 is 0 Å². The van der Waals surface area contributed by atoms with E-state index in [1.54, 1.807) is 6.07 Å². The van der Waals surface area contributed by atoms with Crippen molar-refractivity contribution in [3.63, 3.8) is 0 Å². The molecular formula is C27H28ClF. The zero-order chi connectivity index (χ0) is 20.2. The summed E-state index contributed by atoms with van der Waals surface area (Å²) in [5, 5.41) is 0.168. The third-order valence-electron chi connectivity index (χ3n) is 6.05. The lowest BCUT2D eigenvalue weighted by Gasteiger charge is -2.22. The van der Waals surface area contributed by atoms with Gasteiger partial charge in [0.2, 0.25) is 0 Å². The van der Waals surface area contributed by atoms with Crippen LogP contribution >= 0.6 is 11.6 Å². The normalized spacial score (nSPS) is 12.5. The maximum Gasteiger partial charge on any atom is 0.142 e. The molecule has 0 atom stereocenters. The average molecular weight is 407 g/mol. The van der Waals surface area contributed by atoms with Crippen LogP contribution in [-0.2, 0) is 19.3 Å². The molecule has 0 N–H and O–H groups in total. The summed E-state index contributed by atoms with van der Waals surface area (Å²) in [6.45, 7) is 2.26. The van der Waals surface area contributed by atoms with Gasteiger partial charge in [0.1, 0.15) is 5.82 Å². The summed E-state index contributed by atoms with van der Waals surface area (Å²) in [4.78, 5) is 0. The highest BCUT2D eigenvalue weighted by Gasteiger charge is 2.17. The Labute approximate surface area is 178 Å². The van der Waals surface area contributed by atoms with Crippen molar-refractivity contribution in [3.05, 3.63) is 82.1 Å². The van der Waals surface area contributed by atoms with Crippen LogP contribution in [0.2, 0.25) is 5.02 Å². The largest absolute Gasteiger partial charge is 0.205 e. The van der Waals surface area contributed by atoms with Crippen molar-refractivity contribution in [2.75, 3.05) is 0 Å². The molecule has 0 aromatic heterocycles. The van der Waals surface area contributed by atoms with Gasteiger partial charge in [0.25, 0.3) is 0 Å². The van der Waals surface area contributed by atoms with E-state index in [1.165, 1.54) is 72.4 Å². The Morgan fingerprint density at radius 1 is 0.759 bits per heavy atom. The smallest absolute Gasteiger partial charge is 0.142 e. The maximum absolute atomic E-state index is 13.9. The second kappa shape index (κ2) is 9.13. The SMILES string of the molecule is CCCCCCCc1ccc2c(c1)CCc1cc(-c3ccc(Cl)c(F)c3)ccc1-2. The van der Waals surface area contributed by atoms with E-state index in [4.69, 9.17) is 11.6 Å². The maximum atomic E-state index is 13.9. The van der Waals surface area contributed by atoms with Gasteiger partial charge >= 0.3 is 0 Å². The minimum absolute atomic E-state index is 0.168. The van der Waals surface area contributed by atoms with Gasteiger partial charge in [-0.3, -0.25) is 0 Å². The van der Waals surface area contributed by atoms with Gasteiger partial charge in [-0.05, 0) is 76.8 Å². The first-order valence-electron chi connectivity index (χ1n) is 10.9. The summed E-state index contributed by atoms with van der Waals surface area (Å²) < 4.78 is 13.9. The number of unbranched alkanes of at least 4 members (excludes halogenated alkanes) is 4. The molecule has 0 spiro atoms. The quantitative estimate of drug-likeness (QED) is 0.345. The molecule has 0 heterocycles. The Morgan fingerprint density at radius 2 is 1.41 bits per heavy atom. The van der Waals surface area contributed by atoms with Crippen LogP contribution in [0.4, 0.5) is 4.39 Å². The van der Waals surface area contributed by atoms with Gasteiger partial charge < -0.3 is 0 Å². The molecule has 0 radical (unpaired) electrons. The number of benzene rings is 3. The predicted molar refractivity (Wildman–Crippen MR) is 122 cm³/mol. The summed E-state index contributed by atoms with van der Waals surface area (Å²) in [5.41, 5.74) is 8.88. The van der Waals surface area contributed by atoms with Crippen LogP contribution in [0.1, 0.15) is 55.7 Å². The minimum atomic E-state index is -0.366. The number of halogens is 2. The van der Waals surface area contributed by atoms with Crippen molar-refractivity contribution in [2.45, 2.75) is 58.3 Å². The zero-order valence-corrected chi connectivity index (χ0v) is 17.9. The molecule has 2 heteroatoms. The monoisotopic (exact) mass is 406 g/mol. The van der Waals surface area contributed by atoms with E-state index >= 15 is 0 Å². The molecule has 3 aromatic carbocycles. The van der Waals surface area contributed by atoms with Crippen LogP contribution in [0.25, 0.3) is 22.3 Å². The molecule has 4 rings (SSSR count). The molecule has 1 aliphatic carbocycles. The predicted octanol–water partition coefficient (Wildman–Crippen LogP) is 8.42. The molecule has 3 aromatic rings. The highest BCUT2D eigenvalue weighted by molar-refractivity contribution is 6.30. The highest BCUT2D eigenvalue weighted by Crippen LogP contribution is 2.37. The van der Waals surface area contributed by atoms with E-state index in [0.29, 0.717) is 0 Å². The van der Waals surface area contributed by atoms with Crippen LogP contribution in [0.15, 0.2) is 54.6 Å². The number of rotatable bonds is 7. The number of fused-ring (bicyclic) bond motifs is 3. The Hall–Kier alpha value is -2.12. The van der Waals surface area contributed by atoms with Gasteiger partial charge in [0, 0.05) is 0 Å². The van der Waals surface area contributed by atoms with Crippen molar-refractivity contribution in [3.8, 4) is 22.3 Å². The molecule has 0 fully saturated rings. The molecular weight excluding hydrogens is 379 g/mol. The summed E-state index contributed by atoms with van der Waals surface area (Å²) in [6, 6.07) is 18.6. The summed E-state index contributed by atoms with van der Waals surface area (Å²) >= 11 is 5.83. The first-order valence-corrected chi connectivity index (χ1v) is 11.2. The molecule has 0 saturated carbocycles. The third kappa shape index (κ3) is 4.56. The molecule has 0 saturated heterocycles. The number of hydrogen-bond donors (Lipinski definition) is 0. The van der Waals surface area contributed by atoms with Crippen LogP contribution < -0.4 is 0 Å².